The highest BCUT2D eigenvalue weighted by molar-refractivity contribution is 6.30. The molecule has 2 rings (SSSR count). The SMILES string of the molecule is O=C(NCCc1ccc(Cl)cc1)Nc1ccc(F)cc1F. The van der Waals surface area contributed by atoms with Crippen molar-refractivity contribution in [2.24, 2.45) is 0 Å². The highest BCUT2D eigenvalue weighted by Gasteiger charge is 2.07. The summed E-state index contributed by atoms with van der Waals surface area (Å²) in [6.07, 6.45) is 0.622. The van der Waals surface area contributed by atoms with Gasteiger partial charge in [-0.3, -0.25) is 0 Å². The van der Waals surface area contributed by atoms with Crippen LogP contribution in [0.15, 0.2) is 42.5 Å². The minimum Gasteiger partial charge on any atom is -0.338 e. The van der Waals surface area contributed by atoms with Crippen LogP contribution in [0, 0.1) is 11.6 Å². The quantitative estimate of drug-likeness (QED) is 0.881. The van der Waals surface area contributed by atoms with E-state index in [-0.39, 0.29) is 5.69 Å². The third-order valence-corrected chi connectivity index (χ3v) is 3.04. The Balaban J connectivity index is 1.81. The molecule has 0 bridgehead atoms. The fraction of sp³-hybridized carbons (Fsp3) is 0.133. The van der Waals surface area contributed by atoms with E-state index in [1.165, 1.54) is 6.07 Å². The van der Waals surface area contributed by atoms with Gasteiger partial charge in [-0.2, -0.15) is 0 Å². The van der Waals surface area contributed by atoms with Crippen molar-refractivity contribution in [2.75, 3.05) is 11.9 Å². The van der Waals surface area contributed by atoms with Gasteiger partial charge in [-0.05, 0) is 36.2 Å². The molecule has 0 spiro atoms. The van der Waals surface area contributed by atoms with Crippen molar-refractivity contribution >= 4 is 23.3 Å². The fourth-order valence-electron chi connectivity index (χ4n) is 1.73. The molecule has 0 aliphatic carbocycles. The first kappa shape index (κ1) is 15.3. The van der Waals surface area contributed by atoms with Gasteiger partial charge in [-0.15, -0.1) is 0 Å². The lowest BCUT2D eigenvalue weighted by Crippen LogP contribution is -2.30. The van der Waals surface area contributed by atoms with Gasteiger partial charge in [0.05, 0.1) is 5.69 Å². The molecule has 0 atom stereocenters. The van der Waals surface area contributed by atoms with E-state index in [2.05, 4.69) is 10.6 Å². The van der Waals surface area contributed by atoms with Crippen LogP contribution < -0.4 is 10.6 Å². The van der Waals surface area contributed by atoms with Gasteiger partial charge in [0.1, 0.15) is 11.6 Å². The summed E-state index contributed by atoms with van der Waals surface area (Å²) in [5.41, 5.74) is 0.952. The zero-order chi connectivity index (χ0) is 15.2. The summed E-state index contributed by atoms with van der Waals surface area (Å²) in [5, 5.41) is 5.56. The molecule has 0 aliphatic heterocycles. The zero-order valence-corrected chi connectivity index (χ0v) is 11.8. The monoisotopic (exact) mass is 310 g/mol. The summed E-state index contributed by atoms with van der Waals surface area (Å²) in [6, 6.07) is 9.67. The van der Waals surface area contributed by atoms with Crippen molar-refractivity contribution in [3.05, 3.63) is 64.7 Å². The molecule has 2 aromatic rings. The minimum absolute atomic E-state index is 0.0691. The molecular weight excluding hydrogens is 298 g/mol. The average Bonchev–Trinajstić information content (AvgIpc) is 2.44. The predicted molar refractivity (Wildman–Crippen MR) is 78.5 cm³/mol. The van der Waals surface area contributed by atoms with Crippen molar-refractivity contribution in [1.82, 2.24) is 5.32 Å². The summed E-state index contributed by atoms with van der Waals surface area (Å²) in [7, 11) is 0. The molecule has 3 nitrogen and oxygen atoms in total. The molecule has 0 unspecified atom stereocenters. The maximum absolute atomic E-state index is 13.3. The van der Waals surface area contributed by atoms with Crippen LogP contribution >= 0.6 is 11.6 Å². The molecule has 0 saturated heterocycles. The molecule has 0 radical (unpaired) electrons. The number of urea groups is 1. The summed E-state index contributed by atoms with van der Waals surface area (Å²) in [4.78, 5) is 11.6. The second-order valence-corrected chi connectivity index (χ2v) is 4.82. The third-order valence-electron chi connectivity index (χ3n) is 2.79. The van der Waals surface area contributed by atoms with Gasteiger partial charge in [-0.25, -0.2) is 13.6 Å². The number of anilines is 1. The standard InChI is InChI=1S/C15H13ClF2N2O/c16-11-3-1-10(2-4-11)7-8-19-15(21)20-14-6-5-12(17)9-13(14)18/h1-6,9H,7-8H2,(H2,19,20,21). The average molecular weight is 311 g/mol. The smallest absolute Gasteiger partial charge is 0.319 e. The fourth-order valence-corrected chi connectivity index (χ4v) is 1.85. The molecule has 0 aromatic heterocycles. The van der Waals surface area contributed by atoms with Crippen molar-refractivity contribution in [1.29, 1.82) is 0 Å². The summed E-state index contributed by atoms with van der Waals surface area (Å²) in [5.74, 6) is -1.51. The maximum Gasteiger partial charge on any atom is 0.319 e. The Hall–Kier alpha value is -2.14. The van der Waals surface area contributed by atoms with E-state index in [1.54, 1.807) is 12.1 Å². The van der Waals surface area contributed by atoms with Gasteiger partial charge in [0.15, 0.2) is 0 Å². The largest absolute Gasteiger partial charge is 0.338 e. The summed E-state index contributed by atoms with van der Waals surface area (Å²) in [6.45, 7) is 0.385. The molecule has 0 saturated carbocycles. The topological polar surface area (TPSA) is 41.1 Å². The van der Waals surface area contributed by atoms with Crippen molar-refractivity contribution in [2.45, 2.75) is 6.42 Å². The van der Waals surface area contributed by atoms with E-state index in [0.29, 0.717) is 24.1 Å². The van der Waals surface area contributed by atoms with Crippen LogP contribution in [-0.2, 0) is 6.42 Å². The molecule has 0 aliphatic rings. The Labute approximate surface area is 125 Å². The second-order valence-electron chi connectivity index (χ2n) is 4.38. The van der Waals surface area contributed by atoms with Gasteiger partial charge in [0.25, 0.3) is 0 Å². The number of halogens is 3. The first-order valence-electron chi connectivity index (χ1n) is 6.29. The second kappa shape index (κ2) is 7.04. The minimum atomic E-state index is -0.817. The molecule has 110 valence electrons. The number of nitrogens with one attached hydrogen (secondary N) is 2. The molecular formula is C15H13ClF2N2O. The maximum atomic E-state index is 13.3. The van der Waals surface area contributed by atoms with Crippen molar-refractivity contribution < 1.29 is 13.6 Å². The number of rotatable bonds is 4. The Bertz CT molecular complexity index is 632. The molecule has 2 N–H and O–H groups in total. The Morgan fingerprint density at radius 3 is 2.48 bits per heavy atom. The van der Waals surface area contributed by atoms with E-state index in [1.807, 2.05) is 12.1 Å². The van der Waals surface area contributed by atoms with Crippen molar-refractivity contribution in [3.8, 4) is 0 Å². The normalized spacial score (nSPS) is 10.2. The van der Waals surface area contributed by atoms with E-state index in [4.69, 9.17) is 11.6 Å². The predicted octanol–water partition coefficient (Wildman–Crippen LogP) is 3.98. The first-order chi connectivity index (χ1) is 10.0. The number of hydrogen-bond donors (Lipinski definition) is 2. The number of amides is 2. The van der Waals surface area contributed by atoms with Gasteiger partial charge in [0.2, 0.25) is 0 Å². The zero-order valence-electron chi connectivity index (χ0n) is 11.0. The van der Waals surface area contributed by atoms with Gasteiger partial charge in [0, 0.05) is 17.6 Å². The first-order valence-corrected chi connectivity index (χ1v) is 6.67. The van der Waals surface area contributed by atoms with E-state index in [9.17, 15) is 13.6 Å². The highest BCUT2D eigenvalue weighted by atomic mass is 35.5. The lowest BCUT2D eigenvalue weighted by atomic mass is 10.1. The van der Waals surface area contributed by atoms with Crippen LogP contribution in [-0.4, -0.2) is 12.6 Å². The number of benzene rings is 2. The van der Waals surface area contributed by atoms with Crippen LogP contribution in [0.4, 0.5) is 19.3 Å². The van der Waals surface area contributed by atoms with Crippen LogP contribution in [0.5, 0.6) is 0 Å². The Morgan fingerprint density at radius 1 is 1.10 bits per heavy atom. The van der Waals surface area contributed by atoms with Crippen LogP contribution in [0.1, 0.15) is 5.56 Å². The van der Waals surface area contributed by atoms with Crippen LogP contribution in [0.25, 0.3) is 0 Å². The molecule has 2 aromatic carbocycles. The van der Waals surface area contributed by atoms with Gasteiger partial charge < -0.3 is 10.6 Å². The van der Waals surface area contributed by atoms with Gasteiger partial charge >= 0.3 is 6.03 Å². The van der Waals surface area contributed by atoms with Gasteiger partial charge in [-0.1, -0.05) is 23.7 Å². The van der Waals surface area contributed by atoms with Crippen molar-refractivity contribution in [3.63, 3.8) is 0 Å². The Morgan fingerprint density at radius 2 is 1.81 bits per heavy atom. The van der Waals surface area contributed by atoms with Crippen LogP contribution in [0.2, 0.25) is 5.02 Å². The summed E-state index contributed by atoms with van der Waals surface area (Å²) < 4.78 is 26.1. The summed E-state index contributed by atoms with van der Waals surface area (Å²) >= 11 is 5.77. The molecule has 6 heteroatoms. The lowest BCUT2D eigenvalue weighted by molar-refractivity contribution is 0.252. The third kappa shape index (κ3) is 4.72. The molecule has 0 heterocycles. The van der Waals surface area contributed by atoms with E-state index < -0.39 is 17.7 Å². The highest BCUT2D eigenvalue weighted by Crippen LogP contribution is 2.14. The molecule has 0 fully saturated rings. The molecule has 21 heavy (non-hydrogen) atoms. The van der Waals surface area contributed by atoms with Crippen LogP contribution in [0.3, 0.4) is 0 Å². The molecule has 2 amide bonds. The number of carbonyl (C=O) groups excluding carboxylic acids is 1. The van der Waals surface area contributed by atoms with E-state index in [0.717, 1.165) is 11.6 Å². The number of carbonyl (C=O) groups is 1. The Kier molecular flexibility index (Phi) is 5.11. The van der Waals surface area contributed by atoms with E-state index >= 15 is 0 Å². The lowest BCUT2D eigenvalue weighted by Gasteiger charge is -2.08. The number of hydrogen-bond acceptors (Lipinski definition) is 1.